The molecule has 3 heteroatoms. The molecule has 0 aromatic carbocycles. The first-order valence-corrected chi connectivity index (χ1v) is 5.66. The first kappa shape index (κ1) is 5.62. The van der Waals surface area contributed by atoms with Crippen LogP contribution in [0, 0.1) is 0 Å². The van der Waals surface area contributed by atoms with E-state index >= 15 is 0 Å². The van der Waals surface area contributed by atoms with Gasteiger partial charge in [0, 0.05) is 0 Å². The lowest BCUT2D eigenvalue weighted by molar-refractivity contribution is 1.93. The summed E-state index contributed by atoms with van der Waals surface area (Å²) in [6.45, 7) is 0. The lowest BCUT2D eigenvalue weighted by Gasteiger charge is -2.18. The van der Waals surface area contributed by atoms with Gasteiger partial charge in [0.15, 0.2) is 0 Å². The van der Waals surface area contributed by atoms with Crippen LogP contribution in [0.4, 0.5) is 0 Å². The average Bonchev–Trinajstić information content (AvgIpc) is 2.45. The molecule has 1 spiro atoms. The first-order valence-electron chi connectivity index (χ1n) is 2.73. The van der Waals surface area contributed by atoms with Crippen molar-refractivity contribution in [3.05, 3.63) is 23.0 Å². The van der Waals surface area contributed by atoms with Gasteiger partial charge in [0.25, 0.3) is 0 Å². The van der Waals surface area contributed by atoms with Crippen molar-refractivity contribution in [1.82, 2.24) is 0 Å². The fourth-order valence-electron chi connectivity index (χ4n) is 0.837. The molecule has 0 aromatic rings. The van der Waals surface area contributed by atoms with Gasteiger partial charge in [-0.1, -0.05) is 22.4 Å². The average molecular weight is 157 g/mol. The van der Waals surface area contributed by atoms with E-state index in [1.165, 1.54) is 5.08 Å². The Morgan fingerprint density at radius 3 is 2.67 bits per heavy atom. The number of allylic oxidation sites excluding steroid dienone is 2. The Labute approximate surface area is 60.4 Å². The standard InChI is InChI=1S/C6H7NS2/c1-2-4-9(3-1)6-8-5-7-9/h1-5H,6H2. The Morgan fingerprint density at radius 2 is 2.11 bits per heavy atom. The van der Waals surface area contributed by atoms with Crippen LogP contribution in [0.15, 0.2) is 27.4 Å². The molecule has 0 bridgehead atoms. The van der Waals surface area contributed by atoms with Gasteiger partial charge in [-0.2, -0.15) is 0 Å². The first-order chi connectivity index (χ1) is 4.41. The monoisotopic (exact) mass is 157 g/mol. The molecule has 0 N–H and O–H groups in total. The topological polar surface area (TPSA) is 12.4 Å². The van der Waals surface area contributed by atoms with E-state index in [4.69, 9.17) is 0 Å². The molecular formula is C6H7NS2. The van der Waals surface area contributed by atoms with Crippen LogP contribution in [-0.4, -0.2) is 10.6 Å². The van der Waals surface area contributed by atoms with Crippen molar-refractivity contribution in [3.63, 3.8) is 0 Å². The molecule has 9 heavy (non-hydrogen) atoms. The van der Waals surface area contributed by atoms with Crippen LogP contribution >= 0.6 is 22.0 Å². The van der Waals surface area contributed by atoms with Crippen molar-refractivity contribution >= 4 is 27.5 Å². The molecule has 0 unspecified atom stereocenters. The minimum atomic E-state index is -0.755. The summed E-state index contributed by atoms with van der Waals surface area (Å²) in [7, 11) is -0.755. The quantitative estimate of drug-likeness (QED) is 0.526. The molecule has 0 radical (unpaired) electrons. The highest BCUT2D eigenvalue weighted by Crippen LogP contribution is 2.60. The van der Waals surface area contributed by atoms with E-state index in [2.05, 4.69) is 27.4 Å². The summed E-state index contributed by atoms with van der Waals surface area (Å²) in [6.07, 6.45) is 4.19. The zero-order chi connectivity index (χ0) is 6.16. The van der Waals surface area contributed by atoms with E-state index < -0.39 is 10.2 Å². The van der Waals surface area contributed by atoms with Crippen LogP contribution in [0.25, 0.3) is 0 Å². The minimum Gasteiger partial charge on any atom is -0.230 e. The van der Waals surface area contributed by atoms with Crippen molar-refractivity contribution in [2.24, 2.45) is 4.40 Å². The maximum Gasteiger partial charge on any atom is 0.0677 e. The fourth-order valence-corrected chi connectivity index (χ4v) is 4.67. The van der Waals surface area contributed by atoms with Crippen LogP contribution in [-0.2, 0) is 0 Å². The number of hydrogen-bond acceptors (Lipinski definition) is 2. The molecule has 0 fully saturated rings. The molecular weight excluding hydrogens is 150 g/mol. The van der Waals surface area contributed by atoms with Crippen molar-refractivity contribution in [2.75, 3.05) is 5.08 Å². The summed E-state index contributed by atoms with van der Waals surface area (Å²) >= 11 is 1.81. The molecule has 0 saturated heterocycles. The lowest BCUT2D eigenvalue weighted by Crippen LogP contribution is -1.81. The highest BCUT2D eigenvalue weighted by Gasteiger charge is 2.21. The number of nitrogens with zero attached hydrogens (tertiary/aromatic N) is 1. The second-order valence-electron chi connectivity index (χ2n) is 1.96. The molecule has 0 aliphatic carbocycles. The summed E-state index contributed by atoms with van der Waals surface area (Å²) in [6, 6.07) is 0. The summed E-state index contributed by atoms with van der Waals surface area (Å²) in [5.41, 5.74) is 1.97. The Morgan fingerprint density at radius 1 is 1.33 bits per heavy atom. The van der Waals surface area contributed by atoms with Gasteiger partial charge in [-0.05, 0) is 10.8 Å². The van der Waals surface area contributed by atoms with Gasteiger partial charge in [0.05, 0.1) is 10.6 Å². The van der Waals surface area contributed by atoms with Crippen LogP contribution in [0.5, 0.6) is 0 Å². The second kappa shape index (κ2) is 1.92. The molecule has 2 aliphatic heterocycles. The Hall–Kier alpha value is -0.150. The predicted octanol–water partition coefficient (Wildman–Crippen LogP) is 2.48. The number of thioether (sulfide) groups is 1. The molecule has 0 atom stereocenters. The zero-order valence-electron chi connectivity index (χ0n) is 4.86. The van der Waals surface area contributed by atoms with Crippen LogP contribution in [0.1, 0.15) is 0 Å². The smallest absolute Gasteiger partial charge is 0.0677 e. The third kappa shape index (κ3) is 0.843. The van der Waals surface area contributed by atoms with E-state index in [1.54, 1.807) is 0 Å². The lowest BCUT2D eigenvalue weighted by atomic mass is 10.6. The van der Waals surface area contributed by atoms with Crippen molar-refractivity contribution in [3.8, 4) is 0 Å². The zero-order valence-corrected chi connectivity index (χ0v) is 6.49. The molecule has 0 aromatic heterocycles. The summed E-state index contributed by atoms with van der Waals surface area (Å²) in [4.78, 5) is 0. The summed E-state index contributed by atoms with van der Waals surface area (Å²) in [5.74, 6) is 0. The van der Waals surface area contributed by atoms with E-state index in [-0.39, 0.29) is 0 Å². The number of rotatable bonds is 0. The summed E-state index contributed by atoms with van der Waals surface area (Å²) < 4.78 is 4.41. The predicted molar refractivity (Wildman–Crippen MR) is 46.8 cm³/mol. The van der Waals surface area contributed by atoms with Crippen molar-refractivity contribution in [1.29, 1.82) is 0 Å². The number of hydrogen-bond donors (Lipinski definition) is 0. The van der Waals surface area contributed by atoms with Gasteiger partial charge in [0.1, 0.15) is 0 Å². The van der Waals surface area contributed by atoms with E-state index in [1.807, 2.05) is 17.3 Å². The van der Waals surface area contributed by atoms with E-state index in [0.29, 0.717) is 0 Å². The minimum absolute atomic E-state index is 0.755. The van der Waals surface area contributed by atoms with Gasteiger partial charge in [-0.15, -0.1) is 11.8 Å². The van der Waals surface area contributed by atoms with Gasteiger partial charge in [-0.25, -0.2) is 4.40 Å². The molecule has 1 nitrogen and oxygen atoms in total. The van der Waals surface area contributed by atoms with Crippen molar-refractivity contribution in [2.45, 2.75) is 0 Å². The largest absolute Gasteiger partial charge is 0.230 e. The normalized spacial score (nSPS) is 30.2. The fraction of sp³-hybridized carbons (Fsp3) is 0.167. The molecule has 2 heterocycles. The Balaban J connectivity index is 2.34. The van der Waals surface area contributed by atoms with Crippen LogP contribution in [0.3, 0.4) is 0 Å². The highest BCUT2D eigenvalue weighted by molar-refractivity contribution is 8.46. The van der Waals surface area contributed by atoms with Crippen molar-refractivity contribution < 1.29 is 0 Å². The van der Waals surface area contributed by atoms with Gasteiger partial charge >= 0.3 is 0 Å². The van der Waals surface area contributed by atoms with Gasteiger partial charge in [-0.3, -0.25) is 0 Å². The molecule has 48 valence electrons. The van der Waals surface area contributed by atoms with Crippen LogP contribution in [0.2, 0.25) is 0 Å². The third-order valence-electron chi connectivity index (χ3n) is 1.31. The van der Waals surface area contributed by atoms with E-state index in [0.717, 1.165) is 0 Å². The van der Waals surface area contributed by atoms with Gasteiger partial charge < -0.3 is 0 Å². The van der Waals surface area contributed by atoms with Gasteiger partial charge in [0.2, 0.25) is 0 Å². The molecule has 2 aliphatic rings. The molecule has 2 rings (SSSR count). The SMILES string of the molecule is C1=CS2(C=C1)CSC=N2. The highest BCUT2D eigenvalue weighted by atomic mass is 32.3. The Kier molecular flexibility index (Phi) is 1.20. The Bertz CT molecular complexity index is 193. The van der Waals surface area contributed by atoms with Crippen LogP contribution < -0.4 is 0 Å². The molecule has 0 amide bonds. The maximum atomic E-state index is 4.41. The third-order valence-corrected chi connectivity index (χ3v) is 5.51. The molecule has 0 saturated carbocycles. The van der Waals surface area contributed by atoms with E-state index in [9.17, 15) is 0 Å². The summed E-state index contributed by atoms with van der Waals surface area (Å²) in [5, 5.41) is 5.62. The maximum absolute atomic E-state index is 4.41. The second-order valence-corrected chi connectivity index (χ2v) is 5.82.